The van der Waals surface area contributed by atoms with E-state index in [9.17, 15) is 24.3 Å². The highest BCUT2D eigenvalue weighted by Crippen LogP contribution is 2.20. The second-order valence-electron chi connectivity index (χ2n) is 9.34. The van der Waals surface area contributed by atoms with Crippen LogP contribution in [0.3, 0.4) is 0 Å². The van der Waals surface area contributed by atoms with Crippen molar-refractivity contribution in [3.05, 3.63) is 83.9 Å². The highest BCUT2D eigenvalue weighted by molar-refractivity contribution is 5.86. The van der Waals surface area contributed by atoms with Crippen molar-refractivity contribution in [2.75, 3.05) is 13.2 Å². The first-order chi connectivity index (χ1) is 18.9. The van der Waals surface area contributed by atoms with Crippen molar-refractivity contribution < 1.29 is 33.8 Å². The molecule has 0 saturated heterocycles. The number of carbonyl (C=O) groups excluding carboxylic acids is 4. The third kappa shape index (κ3) is 9.90. The van der Waals surface area contributed by atoms with E-state index >= 15 is 0 Å². The SMILES string of the molecule is C[C@H](CO)NC(=O)C[C@H]1CC=CC[C@@H](NC(=O)OCc2ccccc2)C(=O)O[C@H](c2ccccc2)CNC1=O. The molecule has 1 heterocycles. The summed E-state index contributed by atoms with van der Waals surface area (Å²) in [6, 6.07) is 16.6. The number of ether oxygens (including phenoxy) is 2. The van der Waals surface area contributed by atoms with E-state index in [1.54, 1.807) is 43.3 Å². The number of alkyl carbamates (subject to hydrolysis) is 1. The van der Waals surface area contributed by atoms with Gasteiger partial charge in [0.2, 0.25) is 11.8 Å². The van der Waals surface area contributed by atoms with E-state index in [1.165, 1.54) is 0 Å². The summed E-state index contributed by atoms with van der Waals surface area (Å²) in [4.78, 5) is 51.0. The maximum absolute atomic E-state index is 13.1. The summed E-state index contributed by atoms with van der Waals surface area (Å²) in [7, 11) is 0. The van der Waals surface area contributed by atoms with Gasteiger partial charge in [-0.25, -0.2) is 9.59 Å². The van der Waals surface area contributed by atoms with Gasteiger partial charge >= 0.3 is 12.1 Å². The molecule has 0 fully saturated rings. The molecule has 3 rings (SSSR count). The fourth-order valence-electron chi connectivity index (χ4n) is 3.96. The third-order valence-electron chi connectivity index (χ3n) is 6.12. The normalized spacial score (nSPS) is 20.8. The van der Waals surface area contributed by atoms with Gasteiger partial charge in [-0.1, -0.05) is 72.8 Å². The van der Waals surface area contributed by atoms with Crippen molar-refractivity contribution >= 4 is 23.9 Å². The molecule has 3 amide bonds. The molecule has 4 atom stereocenters. The zero-order valence-electron chi connectivity index (χ0n) is 21.9. The van der Waals surface area contributed by atoms with Gasteiger partial charge < -0.3 is 30.5 Å². The molecule has 0 unspecified atom stereocenters. The predicted octanol–water partition coefficient (Wildman–Crippen LogP) is 2.54. The molecule has 0 saturated carbocycles. The van der Waals surface area contributed by atoms with E-state index in [4.69, 9.17) is 9.47 Å². The van der Waals surface area contributed by atoms with Crippen molar-refractivity contribution in [1.82, 2.24) is 16.0 Å². The molecule has 0 spiro atoms. The Morgan fingerprint density at radius 3 is 2.41 bits per heavy atom. The number of esters is 1. The molecule has 1 aliphatic heterocycles. The maximum atomic E-state index is 13.1. The Bertz CT molecular complexity index is 1120. The number of amides is 3. The molecule has 2 aromatic rings. The minimum atomic E-state index is -1.03. The fourth-order valence-corrected chi connectivity index (χ4v) is 3.96. The Balaban J connectivity index is 1.75. The second-order valence-corrected chi connectivity index (χ2v) is 9.34. The molecule has 1 aliphatic rings. The average Bonchev–Trinajstić information content (AvgIpc) is 2.95. The van der Waals surface area contributed by atoms with Crippen LogP contribution in [-0.2, 0) is 30.5 Å². The van der Waals surface area contributed by atoms with Crippen LogP contribution in [0.1, 0.15) is 43.4 Å². The number of aliphatic hydroxyl groups excluding tert-OH is 1. The van der Waals surface area contributed by atoms with Crippen molar-refractivity contribution in [1.29, 1.82) is 0 Å². The summed E-state index contributed by atoms with van der Waals surface area (Å²) < 4.78 is 11.0. The molecule has 0 aliphatic carbocycles. The summed E-state index contributed by atoms with van der Waals surface area (Å²) in [6.07, 6.45) is 2.03. The first kappa shape index (κ1) is 29.4. The lowest BCUT2D eigenvalue weighted by Crippen LogP contribution is -2.44. The first-order valence-corrected chi connectivity index (χ1v) is 12.9. The molecule has 208 valence electrons. The molecular formula is C29H35N3O7. The molecule has 10 nitrogen and oxygen atoms in total. The number of benzene rings is 2. The van der Waals surface area contributed by atoms with Gasteiger partial charge in [-0.05, 0) is 30.9 Å². The van der Waals surface area contributed by atoms with E-state index in [-0.39, 0.29) is 50.8 Å². The van der Waals surface area contributed by atoms with Gasteiger partial charge in [-0.2, -0.15) is 0 Å². The molecule has 0 bridgehead atoms. The molecule has 0 aromatic heterocycles. The molecule has 10 heteroatoms. The van der Waals surface area contributed by atoms with Crippen LogP contribution in [0.25, 0.3) is 0 Å². The largest absolute Gasteiger partial charge is 0.454 e. The van der Waals surface area contributed by atoms with Gasteiger partial charge in [-0.15, -0.1) is 0 Å². The summed E-state index contributed by atoms with van der Waals surface area (Å²) in [6.45, 7) is 1.47. The average molecular weight is 538 g/mol. The summed E-state index contributed by atoms with van der Waals surface area (Å²) >= 11 is 0. The van der Waals surface area contributed by atoms with Crippen LogP contribution in [0.15, 0.2) is 72.8 Å². The van der Waals surface area contributed by atoms with Gasteiger partial charge in [-0.3, -0.25) is 9.59 Å². The number of hydrogen-bond donors (Lipinski definition) is 4. The maximum Gasteiger partial charge on any atom is 0.408 e. The van der Waals surface area contributed by atoms with Gasteiger partial charge in [0, 0.05) is 12.5 Å². The van der Waals surface area contributed by atoms with Gasteiger partial charge in [0.1, 0.15) is 18.8 Å². The highest BCUT2D eigenvalue weighted by Gasteiger charge is 2.28. The molecule has 2 aromatic carbocycles. The highest BCUT2D eigenvalue weighted by atomic mass is 16.6. The summed E-state index contributed by atoms with van der Waals surface area (Å²) in [5.41, 5.74) is 1.47. The van der Waals surface area contributed by atoms with E-state index in [2.05, 4.69) is 16.0 Å². The third-order valence-corrected chi connectivity index (χ3v) is 6.12. The minimum absolute atomic E-state index is 0.0192. The minimum Gasteiger partial charge on any atom is -0.454 e. The molecule has 4 N–H and O–H groups in total. The summed E-state index contributed by atoms with van der Waals surface area (Å²) in [5, 5.41) is 17.2. The number of allylic oxidation sites excluding steroid dienone is 1. The van der Waals surface area contributed by atoms with Crippen LogP contribution in [0.4, 0.5) is 4.79 Å². The van der Waals surface area contributed by atoms with E-state index < -0.39 is 36.2 Å². The molecule has 39 heavy (non-hydrogen) atoms. The number of rotatable bonds is 8. The van der Waals surface area contributed by atoms with Gasteiger partial charge in [0.05, 0.1) is 19.1 Å². The van der Waals surface area contributed by atoms with Crippen molar-refractivity contribution in [3.8, 4) is 0 Å². The smallest absolute Gasteiger partial charge is 0.408 e. The number of hydrogen-bond acceptors (Lipinski definition) is 7. The van der Waals surface area contributed by atoms with Crippen LogP contribution in [-0.4, -0.2) is 54.2 Å². The predicted molar refractivity (Wildman–Crippen MR) is 143 cm³/mol. The fraction of sp³-hybridized carbons (Fsp3) is 0.379. The zero-order valence-corrected chi connectivity index (χ0v) is 21.9. The number of cyclic esters (lactones) is 1. The van der Waals surface area contributed by atoms with Crippen molar-refractivity contribution in [2.24, 2.45) is 5.92 Å². The quantitative estimate of drug-likeness (QED) is 0.299. The Hall–Kier alpha value is -4.18. The van der Waals surface area contributed by atoms with E-state index in [0.29, 0.717) is 5.56 Å². The van der Waals surface area contributed by atoms with Crippen LogP contribution in [0.5, 0.6) is 0 Å². The number of aliphatic hydroxyl groups is 1. The van der Waals surface area contributed by atoms with Crippen molar-refractivity contribution in [2.45, 2.75) is 51.0 Å². The first-order valence-electron chi connectivity index (χ1n) is 12.9. The number of carbonyl (C=O) groups is 4. The van der Waals surface area contributed by atoms with E-state index in [0.717, 1.165) is 5.56 Å². The lowest BCUT2D eigenvalue weighted by Gasteiger charge is -2.24. The standard InChI is InChI=1S/C29H35N3O7/c1-20(18-33)31-26(34)16-23-14-8-9-15-24(32-29(37)38-19-21-10-4-2-5-11-21)28(36)39-25(17-30-27(23)35)22-12-6-3-7-13-22/h2-13,20,23-25,33H,14-19H2,1H3,(H,30,35)(H,31,34)(H,32,37)/t20-,23-,24-,25+/m1/s1. The number of nitrogens with one attached hydrogen (secondary N) is 3. The zero-order chi connectivity index (χ0) is 28.0. The topological polar surface area (TPSA) is 143 Å². The molecule has 0 radical (unpaired) electrons. The lowest BCUT2D eigenvalue weighted by atomic mass is 9.98. The Morgan fingerprint density at radius 1 is 1.05 bits per heavy atom. The van der Waals surface area contributed by atoms with Gasteiger partial charge in [0.25, 0.3) is 0 Å². The Morgan fingerprint density at radius 2 is 1.72 bits per heavy atom. The van der Waals surface area contributed by atoms with Crippen LogP contribution in [0.2, 0.25) is 0 Å². The Kier molecular flexibility index (Phi) is 11.5. The molecular weight excluding hydrogens is 502 g/mol. The van der Waals surface area contributed by atoms with E-state index in [1.807, 2.05) is 36.4 Å². The van der Waals surface area contributed by atoms with Gasteiger partial charge in [0.15, 0.2) is 0 Å². The lowest BCUT2D eigenvalue weighted by molar-refractivity contribution is -0.152. The van der Waals surface area contributed by atoms with Crippen LogP contribution < -0.4 is 16.0 Å². The van der Waals surface area contributed by atoms with Crippen LogP contribution in [0, 0.1) is 5.92 Å². The van der Waals surface area contributed by atoms with Crippen molar-refractivity contribution in [3.63, 3.8) is 0 Å². The Labute approximate surface area is 227 Å². The monoisotopic (exact) mass is 537 g/mol. The summed E-state index contributed by atoms with van der Waals surface area (Å²) in [5.74, 6) is -2.07. The second kappa shape index (κ2) is 15.3. The van der Waals surface area contributed by atoms with Crippen LogP contribution >= 0.6 is 0 Å².